The van der Waals surface area contributed by atoms with Crippen LogP contribution in [0.2, 0.25) is 0 Å². The number of carbonyl (C=O) groups is 1. The van der Waals surface area contributed by atoms with Gasteiger partial charge in [0.15, 0.2) is 0 Å². The highest BCUT2D eigenvalue weighted by Crippen LogP contribution is 2.37. The van der Waals surface area contributed by atoms with E-state index in [-0.39, 0.29) is 24.4 Å². The lowest BCUT2D eigenvalue weighted by molar-refractivity contribution is -0.146. The van der Waals surface area contributed by atoms with E-state index in [1.165, 1.54) is 12.1 Å². The smallest absolute Gasteiger partial charge is 0.416 e. The van der Waals surface area contributed by atoms with Crippen molar-refractivity contribution in [1.82, 2.24) is 0 Å². The third-order valence-electron chi connectivity index (χ3n) is 3.02. The Morgan fingerprint density at radius 1 is 1.25 bits per heavy atom. The Hall–Kier alpha value is -1.27. The third-order valence-corrected chi connectivity index (χ3v) is 3.02. The highest BCUT2D eigenvalue weighted by molar-refractivity contribution is 5.85. The molecule has 1 aromatic rings. The minimum Gasteiger partial charge on any atom is -0.480 e. The molecule has 114 valence electrons. The molecule has 0 saturated heterocycles. The number of carboxylic acid groups (broad SMARTS) is 1. The number of benzene rings is 1. The lowest BCUT2D eigenvalue weighted by Crippen LogP contribution is -2.46. The molecule has 0 saturated carbocycles. The van der Waals surface area contributed by atoms with Gasteiger partial charge in [-0.2, -0.15) is 13.2 Å². The van der Waals surface area contributed by atoms with Crippen LogP contribution in [0.4, 0.5) is 13.2 Å². The van der Waals surface area contributed by atoms with Crippen molar-refractivity contribution >= 4 is 18.4 Å². The molecule has 1 aromatic carbocycles. The van der Waals surface area contributed by atoms with Gasteiger partial charge in [-0.3, -0.25) is 0 Å². The molecule has 0 aromatic heterocycles. The highest BCUT2D eigenvalue weighted by atomic mass is 35.5. The van der Waals surface area contributed by atoms with Crippen LogP contribution in [-0.4, -0.2) is 11.1 Å². The Kier molecular flexibility index (Phi) is 6.50. The molecule has 1 atom stereocenters. The van der Waals surface area contributed by atoms with E-state index in [0.29, 0.717) is 12.8 Å². The summed E-state index contributed by atoms with van der Waals surface area (Å²) >= 11 is 0. The molecule has 0 radical (unpaired) electrons. The lowest BCUT2D eigenvalue weighted by Gasteiger charge is -2.28. The second kappa shape index (κ2) is 6.95. The maximum absolute atomic E-state index is 12.9. The van der Waals surface area contributed by atoms with Crippen molar-refractivity contribution in [2.45, 2.75) is 37.9 Å². The average molecular weight is 312 g/mol. The van der Waals surface area contributed by atoms with Crippen LogP contribution >= 0.6 is 12.4 Å². The van der Waals surface area contributed by atoms with Gasteiger partial charge in [0, 0.05) is 0 Å². The standard InChI is InChI=1S/C13H16F3NO2.ClH/c1-2-3-8-12(17,11(18)19)9-6-4-5-7-10(9)13(14,15)16;/h4-7H,2-3,8,17H2,1H3,(H,18,19);1H. The summed E-state index contributed by atoms with van der Waals surface area (Å²) in [5.74, 6) is -1.45. The van der Waals surface area contributed by atoms with Gasteiger partial charge >= 0.3 is 12.1 Å². The first-order valence-corrected chi connectivity index (χ1v) is 5.92. The fourth-order valence-corrected chi connectivity index (χ4v) is 1.93. The van der Waals surface area contributed by atoms with E-state index >= 15 is 0 Å². The first kappa shape index (κ1) is 18.7. The van der Waals surface area contributed by atoms with Crippen molar-refractivity contribution in [2.24, 2.45) is 5.73 Å². The van der Waals surface area contributed by atoms with Crippen LogP contribution in [0.3, 0.4) is 0 Å². The number of halogens is 4. The summed E-state index contributed by atoms with van der Waals surface area (Å²) < 4.78 is 38.7. The van der Waals surface area contributed by atoms with Gasteiger partial charge in [0.25, 0.3) is 0 Å². The van der Waals surface area contributed by atoms with Gasteiger partial charge in [0.1, 0.15) is 5.54 Å². The molecule has 1 unspecified atom stereocenters. The summed E-state index contributed by atoms with van der Waals surface area (Å²) in [4.78, 5) is 11.3. The van der Waals surface area contributed by atoms with Crippen molar-refractivity contribution in [2.75, 3.05) is 0 Å². The number of unbranched alkanes of at least 4 members (excludes halogenated alkanes) is 1. The van der Waals surface area contributed by atoms with Gasteiger partial charge in [0.05, 0.1) is 5.56 Å². The zero-order valence-electron chi connectivity index (χ0n) is 10.9. The molecular weight excluding hydrogens is 295 g/mol. The fourth-order valence-electron chi connectivity index (χ4n) is 1.93. The van der Waals surface area contributed by atoms with Gasteiger partial charge in [0.2, 0.25) is 0 Å². The van der Waals surface area contributed by atoms with Crippen LogP contribution in [0.25, 0.3) is 0 Å². The van der Waals surface area contributed by atoms with Crippen LogP contribution in [0.5, 0.6) is 0 Å². The number of alkyl halides is 3. The molecule has 3 N–H and O–H groups in total. The Labute approximate surface area is 121 Å². The number of carboxylic acids is 1. The summed E-state index contributed by atoms with van der Waals surface area (Å²) in [6.45, 7) is 1.82. The molecule has 20 heavy (non-hydrogen) atoms. The van der Waals surface area contributed by atoms with Crippen molar-refractivity contribution < 1.29 is 23.1 Å². The molecule has 0 aliphatic heterocycles. The molecule has 1 rings (SSSR count). The summed E-state index contributed by atoms with van der Waals surface area (Å²) in [6.07, 6.45) is -3.57. The Morgan fingerprint density at radius 3 is 2.15 bits per heavy atom. The molecule has 3 nitrogen and oxygen atoms in total. The van der Waals surface area contributed by atoms with Crippen LogP contribution in [-0.2, 0) is 16.5 Å². The predicted molar refractivity (Wildman–Crippen MR) is 71.7 cm³/mol. The zero-order chi connectivity index (χ0) is 14.7. The third kappa shape index (κ3) is 3.86. The Bertz CT molecular complexity index is 465. The first-order valence-electron chi connectivity index (χ1n) is 5.92. The summed E-state index contributed by atoms with van der Waals surface area (Å²) in [5.41, 5.74) is 2.36. The maximum atomic E-state index is 12.9. The predicted octanol–water partition coefficient (Wildman–Crippen LogP) is 3.56. The molecule has 0 heterocycles. The van der Waals surface area contributed by atoms with Gasteiger partial charge in [-0.1, -0.05) is 38.0 Å². The van der Waals surface area contributed by atoms with Crippen molar-refractivity contribution in [3.05, 3.63) is 35.4 Å². The second-order valence-electron chi connectivity index (χ2n) is 4.42. The quantitative estimate of drug-likeness (QED) is 0.874. The molecule has 0 aliphatic rings. The van der Waals surface area contributed by atoms with E-state index < -0.39 is 23.2 Å². The molecular formula is C13H17ClF3NO2. The van der Waals surface area contributed by atoms with Crippen LogP contribution < -0.4 is 5.73 Å². The largest absolute Gasteiger partial charge is 0.480 e. The summed E-state index contributed by atoms with van der Waals surface area (Å²) in [5, 5.41) is 9.21. The number of hydrogen-bond acceptors (Lipinski definition) is 2. The second-order valence-corrected chi connectivity index (χ2v) is 4.42. The summed E-state index contributed by atoms with van der Waals surface area (Å²) in [6, 6.07) is 4.56. The van der Waals surface area contributed by atoms with E-state index in [1.54, 1.807) is 0 Å². The maximum Gasteiger partial charge on any atom is 0.416 e. The number of rotatable bonds is 5. The topological polar surface area (TPSA) is 63.3 Å². The molecule has 0 aliphatic carbocycles. The molecule has 0 amide bonds. The molecule has 0 bridgehead atoms. The van der Waals surface area contributed by atoms with Crippen molar-refractivity contribution in [3.63, 3.8) is 0 Å². The van der Waals surface area contributed by atoms with Crippen molar-refractivity contribution in [1.29, 1.82) is 0 Å². The van der Waals surface area contributed by atoms with E-state index in [9.17, 15) is 23.1 Å². The van der Waals surface area contributed by atoms with Crippen molar-refractivity contribution in [3.8, 4) is 0 Å². The average Bonchev–Trinajstić information content (AvgIpc) is 2.34. The van der Waals surface area contributed by atoms with Gasteiger partial charge in [-0.25, -0.2) is 4.79 Å². The van der Waals surface area contributed by atoms with Crippen LogP contribution in [0.1, 0.15) is 37.3 Å². The normalized spacial score (nSPS) is 14.2. The van der Waals surface area contributed by atoms with Crippen LogP contribution in [0.15, 0.2) is 24.3 Å². The number of nitrogens with two attached hydrogens (primary N) is 1. The molecule has 0 fully saturated rings. The lowest BCUT2D eigenvalue weighted by atomic mass is 9.83. The minimum atomic E-state index is -4.62. The van der Waals surface area contributed by atoms with E-state index in [2.05, 4.69) is 0 Å². The number of hydrogen-bond donors (Lipinski definition) is 2. The Morgan fingerprint density at radius 2 is 1.75 bits per heavy atom. The minimum absolute atomic E-state index is 0. The first-order chi connectivity index (χ1) is 8.73. The number of aliphatic carboxylic acids is 1. The summed E-state index contributed by atoms with van der Waals surface area (Å²) in [7, 11) is 0. The van der Waals surface area contributed by atoms with Gasteiger partial charge in [-0.05, 0) is 18.1 Å². The highest BCUT2D eigenvalue weighted by Gasteiger charge is 2.43. The Balaban J connectivity index is 0.00000361. The molecule has 7 heteroatoms. The van der Waals surface area contributed by atoms with E-state index in [4.69, 9.17) is 5.73 Å². The SMILES string of the molecule is CCCCC(N)(C(=O)O)c1ccccc1C(F)(F)F.Cl. The monoisotopic (exact) mass is 311 g/mol. The van der Waals surface area contributed by atoms with E-state index in [1.807, 2.05) is 6.92 Å². The fraction of sp³-hybridized carbons (Fsp3) is 0.462. The van der Waals surface area contributed by atoms with E-state index in [0.717, 1.165) is 12.1 Å². The molecule has 0 spiro atoms. The van der Waals surface area contributed by atoms with Crippen LogP contribution in [0, 0.1) is 0 Å². The van der Waals surface area contributed by atoms with Gasteiger partial charge in [-0.15, -0.1) is 12.4 Å². The van der Waals surface area contributed by atoms with Gasteiger partial charge < -0.3 is 10.8 Å². The zero-order valence-corrected chi connectivity index (χ0v) is 11.7.